The van der Waals surface area contributed by atoms with Gasteiger partial charge >= 0.3 is 12.4 Å². The second-order valence-electron chi connectivity index (χ2n) is 18.0. The highest BCUT2D eigenvalue weighted by Gasteiger charge is 2.41. The first-order valence-corrected chi connectivity index (χ1v) is 20.3. The van der Waals surface area contributed by atoms with Crippen molar-refractivity contribution in [3.05, 3.63) is 167 Å². The Morgan fingerprint density at radius 2 is 0.871 bits per heavy atom. The lowest BCUT2D eigenvalue weighted by molar-refractivity contribution is -0.142. The summed E-state index contributed by atoms with van der Waals surface area (Å²) in [4.78, 5) is 0. The van der Waals surface area contributed by atoms with Crippen molar-refractivity contribution >= 4 is 43.6 Å². The van der Waals surface area contributed by atoms with E-state index in [2.05, 4.69) is 70.4 Å². The minimum absolute atomic E-state index is 0.162. The van der Waals surface area contributed by atoms with Gasteiger partial charge in [-0.2, -0.15) is 31.6 Å². The highest BCUT2D eigenvalue weighted by molar-refractivity contribution is 6.12. The van der Waals surface area contributed by atoms with Crippen LogP contribution in [0.5, 0.6) is 0 Å². The van der Waals surface area contributed by atoms with Crippen LogP contribution in [0.3, 0.4) is 0 Å². The van der Waals surface area contributed by atoms with E-state index in [4.69, 9.17) is 0 Å². The third-order valence-corrected chi connectivity index (χ3v) is 11.9. The molecule has 7 aromatic carbocycles. The molecule has 0 amide bonds. The number of alkyl halides is 6. The third-order valence-electron chi connectivity index (χ3n) is 11.9. The first-order valence-electron chi connectivity index (χ1n) is 20.3. The summed E-state index contributed by atoms with van der Waals surface area (Å²) in [6.07, 6.45) is -10.2. The van der Waals surface area contributed by atoms with Gasteiger partial charge in [0.1, 0.15) is 0 Å². The normalized spacial score (nSPS) is 12.8. The van der Waals surface area contributed by atoms with Gasteiger partial charge in [0.05, 0.1) is 56.2 Å². The fourth-order valence-electron chi connectivity index (χ4n) is 8.85. The Balaban J connectivity index is 1.45. The average Bonchev–Trinajstić information content (AvgIpc) is 3.74. The standard InChI is InChI=1S/C53H41F6N3/c1-50(2,3)33-20-24-47-39(28-33)35-12-7-9-16-43(35)61(47)45-22-18-31(30-60)26-37(45)38-27-32(49-41(52(54,55)56)14-11-15-42(49)53(57,58)59)19-23-46(38)62-44-17-10-8-13-36(44)40-29-34(51(4,5)6)21-25-48(40)62/h7-29H,1-6H3. The van der Waals surface area contributed by atoms with Crippen LogP contribution in [0, 0.1) is 11.3 Å². The van der Waals surface area contributed by atoms with Crippen LogP contribution in [-0.4, -0.2) is 9.13 Å². The molecule has 0 spiro atoms. The van der Waals surface area contributed by atoms with Crippen molar-refractivity contribution in [1.29, 1.82) is 5.26 Å². The molecule has 9 aromatic rings. The molecule has 0 atom stereocenters. The average molecular weight is 834 g/mol. The molecule has 0 aliphatic heterocycles. The molecule has 310 valence electrons. The summed E-state index contributed by atoms with van der Waals surface area (Å²) in [5.74, 6) is 0. The molecule has 0 unspecified atom stereocenters. The summed E-state index contributed by atoms with van der Waals surface area (Å²) >= 11 is 0. The molecule has 3 nitrogen and oxygen atoms in total. The molecule has 2 heterocycles. The predicted molar refractivity (Wildman–Crippen MR) is 238 cm³/mol. The molecule has 0 N–H and O–H groups in total. The first-order chi connectivity index (χ1) is 29.3. The topological polar surface area (TPSA) is 33.6 Å². The Morgan fingerprint density at radius 1 is 0.435 bits per heavy atom. The van der Waals surface area contributed by atoms with Crippen molar-refractivity contribution in [3.63, 3.8) is 0 Å². The van der Waals surface area contributed by atoms with E-state index >= 15 is 0 Å². The van der Waals surface area contributed by atoms with Gasteiger partial charge in [-0.3, -0.25) is 0 Å². The second-order valence-corrected chi connectivity index (χ2v) is 18.0. The molecule has 0 bridgehead atoms. The summed E-state index contributed by atoms with van der Waals surface area (Å²) in [5, 5.41) is 14.2. The van der Waals surface area contributed by atoms with Gasteiger partial charge in [-0.25, -0.2) is 0 Å². The highest BCUT2D eigenvalue weighted by Crippen LogP contribution is 2.48. The van der Waals surface area contributed by atoms with Crippen LogP contribution in [0.25, 0.3) is 77.2 Å². The first kappa shape index (κ1) is 40.6. The van der Waals surface area contributed by atoms with Crippen molar-refractivity contribution in [2.75, 3.05) is 0 Å². The molecule has 2 aromatic heterocycles. The predicted octanol–water partition coefficient (Wildman–Crippen LogP) is 15.7. The van der Waals surface area contributed by atoms with Crippen molar-refractivity contribution in [3.8, 4) is 39.7 Å². The Labute approximate surface area is 355 Å². The van der Waals surface area contributed by atoms with Crippen LogP contribution in [0.1, 0.15) is 69.4 Å². The number of halogens is 6. The zero-order chi connectivity index (χ0) is 44.1. The molecular weight excluding hydrogens is 793 g/mol. The Kier molecular flexibility index (Phi) is 9.26. The second kappa shape index (κ2) is 14.1. The van der Waals surface area contributed by atoms with Gasteiger partial charge in [-0.15, -0.1) is 0 Å². The van der Waals surface area contributed by atoms with E-state index < -0.39 is 29.0 Å². The van der Waals surface area contributed by atoms with Crippen LogP contribution < -0.4 is 0 Å². The van der Waals surface area contributed by atoms with Gasteiger partial charge in [0, 0.05) is 38.2 Å². The molecule has 9 heteroatoms. The summed E-state index contributed by atoms with van der Waals surface area (Å²) in [6.45, 7) is 12.8. The van der Waals surface area contributed by atoms with E-state index in [1.807, 2.05) is 71.3 Å². The zero-order valence-corrected chi connectivity index (χ0v) is 34.9. The number of nitriles is 1. The van der Waals surface area contributed by atoms with Crippen LogP contribution in [0.15, 0.2) is 140 Å². The van der Waals surface area contributed by atoms with Gasteiger partial charge in [0.2, 0.25) is 0 Å². The van der Waals surface area contributed by atoms with Crippen molar-refractivity contribution in [1.82, 2.24) is 9.13 Å². The molecule has 0 saturated carbocycles. The lowest BCUT2D eigenvalue weighted by Gasteiger charge is -2.23. The van der Waals surface area contributed by atoms with E-state index in [1.165, 1.54) is 12.1 Å². The van der Waals surface area contributed by atoms with Crippen LogP contribution in [-0.2, 0) is 23.2 Å². The lowest BCUT2D eigenvalue weighted by Crippen LogP contribution is -2.14. The molecular formula is C53H41F6N3. The van der Waals surface area contributed by atoms with Crippen molar-refractivity contribution in [2.24, 2.45) is 0 Å². The minimum atomic E-state index is -5.10. The van der Waals surface area contributed by atoms with E-state index in [9.17, 15) is 31.6 Å². The van der Waals surface area contributed by atoms with E-state index in [0.717, 1.165) is 60.8 Å². The maximum atomic E-state index is 14.8. The number of rotatable bonds is 4. The molecule has 0 aliphatic carbocycles. The number of nitrogens with zero attached hydrogens (tertiary/aromatic N) is 3. The number of hydrogen-bond donors (Lipinski definition) is 0. The fraction of sp³-hybridized carbons (Fsp3) is 0.189. The maximum absolute atomic E-state index is 14.8. The molecule has 0 fully saturated rings. The zero-order valence-electron chi connectivity index (χ0n) is 34.9. The monoisotopic (exact) mass is 833 g/mol. The Hall–Kier alpha value is -6.79. The summed E-state index contributed by atoms with van der Waals surface area (Å²) in [6, 6.07) is 42.1. The number of benzene rings is 7. The number of fused-ring (bicyclic) bond motifs is 6. The molecule has 9 rings (SSSR count). The van der Waals surface area contributed by atoms with Gasteiger partial charge in [0.25, 0.3) is 0 Å². The molecule has 0 radical (unpaired) electrons. The van der Waals surface area contributed by atoms with Crippen LogP contribution in [0.4, 0.5) is 26.3 Å². The highest BCUT2D eigenvalue weighted by atomic mass is 19.4. The summed E-state index contributed by atoms with van der Waals surface area (Å²) < 4.78 is 93.1. The van der Waals surface area contributed by atoms with Crippen molar-refractivity contribution < 1.29 is 26.3 Å². The van der Waals surface area contributed by atoms with Crippen molar-refractivity contribution in [2.45, 2.75) is 64.7 Å². The van der Waals surface area contributed by atoms with E-state index in [0.29, 0.717) is 34.6 Å². The Bertz CT molecular complexity index is 3270. The van der Waals surface area contributed by atoms with Gasteiger partial charge in [-0.1, -0.05) is 102 Å². The quantitative estimate of drug-likeness (QED) is 0.163. The Morgan fingerprint density at radius 3 is 1.32 bits per heavy atom. The molecule has 62 heavy (non-hydrogen) atoms. The van der Waals surface area contributed by atoms with Gasteiger partial charge in [-0.05, 0) is 106 Å². The fourth-order valence-corrected chi connectivity index (χ4v) is 8.85. The van der Waals surface area contributed by atoms with E-state index in [1.54, 1.807) is 24.3 Å². The van der Waals surface area contributed by atoms with Crippen LogP contribution >= 0.6 is 0 Å². The number of aromatic nitrogens is 2. The number of para-hydroxylation sites is 2. The number of hydrogen-bond acceptors (Lipinski definition) is 1. The van der Waals surface area contributed by atoms with E-state index in [-0.39, 0.29) is 22.0 Å². The van der Waals surface area contributed by atoms with Gasteiger partial charge < -0.3 is 9.13 Å². The maximum Gasteiger partial charge on any atom is 0.417 e. The smallest absolute Gasteiger partial charge is 0.309 e. The SMILES string of the molecule is CC(C)(C)c1ccc2c(c1)c1ccccc1n2-c1ccc(C#N)cc1-c1cc(-c2c(C(F)(F)F)cccc2C(F)(F)F)ccc1-n1c2ccccc2c2cc(C(C)(C)C)ccc21. The lowest BCUT2D eigenvalue weighted by atomic mass is 9.86. The third kappa shape index (κ3) is 6.69. The minimum Gasteiger partial charge on any atom is -0.309 e. The van der Waals surface area contributed by atoms with Crippen LogP contribution in [0.2, 0.25) is 0 Å². The molecule has 0 saturated heterocycles. The summed E-state index contributed by atoms with van der Waals surface area (Å²) in [5.41, 5.74) is 3.22. The summed E-state index contributed by atoms with van der Waals surface area (Å²) in [7, 11) is 0. The largest absolute Gasteiger partial charge is 0.417 e. The molecule has 0 aliphatic rings. The van der Waals surface area contributed by atoms with Gasteiger partial charge in [0.15, 0.2) is 0 Å².